The highest BCUT2D eigenvalue weighted by Crippen LogP contribution is 2.10. The maximum absolute atomic E-state index is 4.08. The largest absolute Gasteiger partial charge is 0.660 e. The fourth-order valence-electron chi connectivity index (χ4n) is 0.571. The van der Waals surface area contributed by atoms with Gasteiger partial charge in [-0.1, -0.05) is 0 Å². The molecule has 1 fully saturated rings. The summed E-state index contributed by atoms with van der Waals surface area (Å²) >= 11 is 0. The summed E-state index contributed by atoms with van der Waals surface area (Å²) in [7, 11) is 4.19. The second-order valence-corrected chi connectivity index (χ2v) is 2.21. The molecule has 0 amide bonds. The molecule has 0 aliphatic carbocycles. The maximum Gasteiger partial charge on any atom is -0.0135 e. The van der Waals surface area contributed by atoms with Gasteiger partial charge in [-0.2, -0.15) is 0 Å². The molecule has 42 valence electrons. The summed E-state index contributed by atoms with van der Waals surface area (Å²) in [5, 5.41) is 4.08. The van der Waals surface area contributed by atoms with Gasteiger partial charge < -0.3 is 10.2 Å². The topological polar surface area (TPSA) is 17.3 Å². The Bertz CT molecular complexity index is 57.1. The quantitative estimate of drug-likeness (QED) is 0.462. The van der Waals surface area contributed by atoms with Crippen molar-refractivity contribution in [2.45, 2.75) is 6.04 Å². The van der Waals surface area contributed by atoms with E-state index in [0.717, 1.165) is 19.1 Å². The van der Waals surface area contributed by atoms with Gasteiger partial charge in [0, 0.05) is 0 Å². The van der Waals surface area contributed by atoms with E-state index in [0.29, 0.717) is 0 Å². The van der Waals surface area contributed by atoms with E-state index < -0.39 is 0 Å². The molecule has 1 aliphatic rings. The van der Waals surface area contributed by atoms with Gasteiger partial charge >= 0.3 is 0 Å². The van der Waals surface area contributed by atoms with Gasteiger partial charge in [0.15, 0.2) is 0 Å². The van der Waals surface area contributed by atoms with Crippen molar-refractivity contribution in [1.29, 1.82) is 0 Å². The fourth-order valence-corrected chi connectivity index (χ4v) is 0.571. The second kappa shape index (κ2) is 1.80. The van der Waals surface area contributed by atoms with Crippen molar-refractivity contribution in [1.82, 2.24) is 4.90 Å². The van der Waals surface area contributed by atoms with E-state index in [9.17, 15) is 0 Å². The first-order valence-electron chi connectivity index (χ1n) is 2.60. The molecule has 1 aliphatic heterocycles. The molecule has 2 heteroatoms. The third-order valence-corrected chi connectivity index (χ3v) is 1.41. The van der Waals surface area contributed by atoms with Crippen LogP contribution in [-0.2, 0) is 0 Å². The summed E-state index contributed by atoms with van der Waals surface area (Å²) in [4.78, 5) is 2.22. The van der Waals surface area contributed by atoms with Crippen LogP contribution in [0.3, 0.4) is 0 Å². The van der Waals surface area contributed by atoms with Crippen molar-refractivity contribution in [2.24, 2.45) is 0 Å². The van der Waals surface area contributed by atoms with Crippen molar-refractivity contribution in [3.8, 4) is 0 Å². The lowest BCUT2D eigenvalue weighted by molar-refractivity contribution is 0.286. The van der Waals surface area contributed by atoms with Gasteiger partial charge in [0.1, 0.15) is 0 Å². The predicted octanol–water partition coefficient (Wildman–Crippen LogP) is 0.304. The number of rotatable bonds is 1. The fraction of sp³-hybridized carbons (Fsp3) is 1.00. The Labute approximate surface area is 44.5 Å². The van der Waals surface area contributed by atoms with E-state index in [-0.39, 0.29) is 0 Å². The van der Waals surface area contributed by atoms with Crippen molar-refractivity contribution in [3.63, 3.8) is 0 Å². The Hall–Kier alpha value is -0.0800. The molecular weight excluding hydrogens is 88.1 g/mol. The first kappa shape index (κ1) is 5.06. The van der Waals surface area contributed by atoms with Crippen LogP contribution in [0.4, 0.5) is 0 Å². The van der Waals surface area contributed by atoms with E-state index in [1.165, 1.54) is 0 Å². The third kappa shape index (κ3) is 0.924. The summed E-state index contributed by atoms with van der Waals surface area (Å²) in [5.74, 6) is 0. The van der Waals surface area contributed by atoms with Crippen LogP contribution in [0.15, 0.2) is 0 Å². The summed E-state index contributed by atoms with van der Waals surface area (Å²) in [6, 6.07) is 0.750. The van der Waals surface area contributed by atoms with E-state index in [1.807, 2.05) is 0 Å². The lowest BCUT2D eigenvalue weighted by atomic mass is 10.2. The van der Waals surface area contributed by atoms with Crippen molar-refractivity contribution in [2.75, 3.05) is 27.2 Å². The minimum atomic E-state index is 0.750. The van der Waals surface area contributed by atoms with Crippen LogP contribution in [0.1, 0.15) is 0 Å². The highest BCUT2D eigenvalue weighted by atomic mass is 15.2. The summed E-state index contributed by atoms with van der Waals surface area (Å²) in [5.41, 5.74) is 0. The molecule has 2 nitrogen and oxygen atoms in total. The zero-order valence-electron chi connectivity index (χ0n) is 4.89. The molecule has 0 aromatic carbocycles. The van der Waals surface area contributed by atoms with Crippen molar-refractivity contribution >= 4 is 0 Å². The highest BCUT2D eigenvalue weighted by molar-refractivity contribution is 5.03. The molecule has 0 saturated carbocycles. The van der Waals surface area contributed by atoms with E-state index >= 15 is 0 Å². The van der Waals surface area contributed by atoms with Crippen LogP contribution in [-0.4, -0.2) is 38.1 Å². The molecule has 7 heavy (non-hydrogen) atoms. The van der Waals surface area contributed by atoms with Crippen LogP contribution < -0.4 is 0 Å². The van der Waals surface area contributed by atoms with Gasteiger partial charge in [-0.15, -0.1) is 13.1 Å². The molecule has 0 aromatic heterocycles. The molecule has 0 radical (unpaired) electrons. The minimum Gasteiger partial charge on any atom is -0.660 e. The van der Waals surface area contributed by atoms with Crippen LogP contribution in [0.2, 0.25) is 0 Å². The molecule has 0 spiro atoms. The zero-order valence-corrected chi connectivity index (χ0v) is 4.89. The Kier molecular flexibility index (Phi) is 1.30. The summed E-state index contributed by atoms with van der Waals surface area (Å²) in [6.45, 7) is 2.10. The third-order valence-electron chi connectivity index (χ3n) is 1.41. The van der Waals surface area contributed by atoms with Gasteiger partial charge in [0.2, 0.25) is 0 Å². The highest BCUT2D eigenvalue weighted by Gasteiger charge is 2.06. The van der Waals surface area contributed by atoms with E-state index in [1.54, 1.807) is 0 Å². The first-order valence-corrected chi connectivity index (χ1v) is 2.60. The molecule has 1 rings (SSSR count). The maximum atomic E-state index is 4.08. The molecule has 0 aromatic rings. The molecular formula is C5H11N2-. The van der Waals surface area contributed by atoms with Gasteiger partial charge in [0.25, 0.3) is 0 Å². The Morgan fingerprint density at radius 3 is 2.00 bits per heavy atom. The number of hydrogen-bond acceptors (Lipinski definition) is 1. The van der Waals surface area contributed by atoms with Crippen LogP contribution in [0.25, 0.3) is 5.32 Å². The van der Waals surface area contributed by atoms with E-state index in [4.69, 9.17) is 0 Å². The molecule has 0 N–H and O–H groups in total. The first-order chi connectivity index (χ1) is 3.30. The molecule has 1 saturated heterocycles. The lowest BCUT2D eigenvalue weighted by Crippen LogP contribution is -2.41. The minimum absolute atomic E-state index is 0.750. The number of likely N-dealkylation sites (N-methyl/N-ethyl adjacent to an activating group) is 1. The normalized spacial score (nSPS) is 22.7. The van der Waals surface area contributed by atoms with Crippen LogP contribution in [0.5, 0.6) is 0 Å². The standard InChI is InChI=1S/C5H11N2/c1-7(2)5-3-6-4-5/h5H,3-4H2,1-2H3/q-1. The summed E-state index contributed by atoms with van der Waals surface area (Å²) < 4.78 is 0. The van der Waals surface area contributed by atoms with Crippen molar-refractivity contribution < 1.29 is 0 Å². The zero-order chi connectivity index (χ0) is 5.28. The predicted molar refractivity (Wildman–Crippen MR) is 30.6 cm³/mol. The number of hydrogen-bond donors (Lipinski definition) is 0. The average Bonchev–Trinajstić information content (AvgIpc) is 1.23. The van der Waals surface area contributed by atoms with E-state index in [2.05, 4.69) is 24.3 Å². The average molecular weight is 99.2 g/mol. The smallest absolute Gasteiger partial charge is 0.0135 e. The van der Waals surface area contributed by atoms with Crippen LogP contribution >= 0.6 is 0 Å². The Morgan fingerprint density at radius 1 is 1.43 bits per heavy atom. The lowest BCUT2D eigenvalue weighted by Gasteiger charge is -2.45. The second-order valence-electron chi connectivity index (χ2n) is 2.21. The van der Waals surface area contributed by atoms with Gasteiger partial charge in [-0.05, 0) is 20.1 Å². The Morgan fingerprint density at radius 2 is 2.00 bits per heavy atom. The number of nitrogens with zero attached hydrogens (tertiary/aromatic N) is 2. The van der Waals surface area contributed by atoms with Gasteiger partial charge in [-0.25, -0.2) is 0 Å². The SMILES string of the molecule is CN(C)C1C[N-]C1. The van der Waals surface area contributed by atoms with Gasteiger partial charge in [0.05, 0.1) is 0 Å². The van der Waals surface area contributed by atoms with Crippen LogP contribution in [0, 0.1) is 0 Å². The molecule has 0 unspecified atom stereocenters. The molecule has 0 bridgehead atoms. The Balaban J connectivity index is 2.14. The van der Waals surface area contributed by atoms with Gasteiger partial charge in [-0.3, -0.25) is 0 Å². The monoisotopic (exact) mass is 99.1 g/mol. The summed E-state index contributed by atoms with van der Waals surface area (Å²) in [6.07, 6.45) is 0. The molecule has 1 heterocycles. The molecule has 0 atom stereocenters. The van der Waals surface area contributed by atoms with Crippen molar-refractivity contribution in [3.05, 3.63) is 5.32 Å².